The van der Waals surface area contributed by atoms with Crippen molar-refractivity contribution < 1.29 is 31.7 Å². The van der Waals surface area contributed by atoms with Gasteiger partial charge in [-0.2, -0.15) is 8.42 Å². The summed E-state index contributed by atoms with van der Waals surface area (Å²) in [5.41, 5.74) is 0.318. The molecule has 242 valence electrons. The predicted molar refractivity (Wildman–Crippen MR) is 162 cm³/mol. The Hall–Kier alpha value is -2.03. The number of hydrogen-bond acceptors (Lipinski definition) is 8. The number of nitrogens with zero attached hydrogens (tertiary/aromatic N) is 2. The van der Waals surface area contributed by atoms with Gasteiger partial charge in [-0.25, -0.2) is 4.39 Å². The molecule has 0 aliphatic carbocycles. The second kappa shape index (κ2) is 16.3. The number of carbonyl (C=O) groups excluding carboxylic acids is 2. The van der Waals surface area contributed by atoms with Gasteiger partial charge in [0.25, 0.3) is 10.1 Å². The summed E-state index contributed by atoms with van der Waals surface area (Å²) >= 11 is 6.14. The van der Waals surface area contributed by atoms with Crippen LogP contribution in [0.3, 0.4) is 0 Å². The minimum absolute atomic E-state index is 0.0417. The molecule has 1 aromatic rings. The second-order valence-electron chi connectivity index (χ2n) is 11.9. The highest BCUT2D eigenvalue weighted by Gasteiger charge is 2.32. The van der Waals surface area contributed by atoms with Crippen molar-refractivity contribution in [3.05, 3.63) is 29.6 Å². The maximum absolute atomic E-state index is 14.7. The smallest absolute Gasteiger partial charge is 0.264 e. The molecule has 3 saturated heterocycles. The summed E-state index contributed by atoms with van der Waals surface area (Å²) in [4.78, 5) is 28.7. The minimum Gasteiger partial charge on any atom is -0.493 e. The third-order valence-electron chi connectivity index (χ3n) is 8.41. The Kier molecular flexibility index (Phi) is 12.9. The molecule has 43 heavy (non-hydrogen) atoms. The number of alkyl halides is 1. The van der Waals surface area contributed by atoms with Crippen LogP contribution in [0.5, 0.6) is 5.75 Å². The standard InChI is InChI=1S/C29H45ClFN5O6S/c30-24-17-33-29(34-18-24)35-10-7-21(8-11-35)4-3-12-42-25-6-5-23(26(31)16-25)15-28(38)36-19-22(20-36)14-27(37)32-9-1-2-13-43(39,40)41/h5-6,16,21-22,24,29,33-34H,1-4,7-15,17-20H2,(H,32,37)(H,39,40,41). The molecular formula is C29H45ClFN5O6S. The summed E-state index contributed by atoms with van der Waals surface area (Å²) in [6, 6.07) is 4.65. The minimum atomic E-state index is -3.98. The fourth-order valence-electron chi connectivity index (χ4n) is 5.85. The molecule has 3 heterocycles. The van der Waals surface area contributed by atoms with Crippen LogP contribution in [0.4, 0.5) is 4.39 Å². The molecule has 4 N–H and O–H groups in total. The third-order valence-corrected chi connectivity index (χ3v) is 9.52. The molecule has 3 aliphatic rings. The van der Waals surface area contributed by atoms with Crippen molar-refractivity contribution in [1.29, 1.82) is 0 Å². The Morgan fingerprint density at radius 3 is 2.49 bits per heavy atom. The lowest BCUT2D eigenvalue weighted by Gasteiger charge is -2.41. The fourth-order valence-corrected chi connectivity index (χ4v) is 6.60. The summed E-state index contributed by atoms with van der Waals surface area (Å²) in [5.74, 6) is 0.0330. The Morgan fingerprint density at radius 1 is 1.09 bits per heavy atom. The third kappa shape index (κ3) is 11.4. The number of hydrogen-bond donors (Lipinski definition) is 4. The molecule has 1 aromatic carbocycles. The number of ether oxygens (including phenoxy) is 1. The molecule has 3 fully saturated rings. The first-order valence-corrected chi connectivity index (χ1v) is 17.4. The van der Waals surface area contributed by atoms with E-state index in [1.165, 1.54) is 6.07 Å². The van der Waals surface area contributed by atoms with E-state index in [2.05, 4.69) is 20.9 Å². The molecule has 3 aliphatic heterocycles. The zero-order chi connectivity index (χ0) is 30.8. The lowest BCUT2D eigenvalue weighted by atomic mass is 9.92. The van der Waals surface area contributed by atoms with E-state index in [1.807, 2.05) is 0 Å². The lowest BCUT2D eigenvalue weighted by Crippen LogP contribution is -2.62. The van der Waals surface area contributed by atoms with E-state index in [0.29, 0.717) is 49.9 Å². The maximum Gasteiger partial charge on any atom is 0.264 e. The molecule has 4 rings (SSSR count). The zero-order valence-corrected chi connectivity index (χ0v) is 26.2. The van der Waals surface area contributed by atoms with Crippen LogP contribution in [0.2, 0.25) is 0 Å². The molecule has 0 aromatic heterocycles. The molecule has 11 nitrogen and oxygen atoms in total. The summed E-state index contributed by atoms with van der Waals surface area (Å²) in [5, 5.41) is 9.77. The van der Waals surface area contributed by atoms with Crippen molar-refractivity contribution in [2.45, 2.75) is 63.0 Å². The number of rotatable bonds is 15. The van der Waals surface area contributed by atoms with Crippen LogP contribution >= 0.6 is 11.6 Å². The lowest BCUT2D eigenvalue weighted by molar-refractivity contribution is -0.139. The normalized spacial score (nSPS) is 22.3. The molecular weight excluding hydrogens is 601 g/mol. The number of unbranched alkanes of at least 4 members (excludes halogenated alkanes) is 1. The maximum atomic E-state index is 14.7. The van der Waals surface area contributed by atoms with Gasteiger partial charge in [0.2, 0.25) is 11.8 Å². The first-order valence-electron chi connectivity index (χ1n) is 15.3. The summed E-state index contributed by atoms with van der Waals surface area (Å²) < 4.78 is 50.6. The summed E-state index contributed by atoms with van der Waals surface area (Å²) in [7, 11) is -3.98. The van der Waals surface area contributed by atoms with Gasteiger partial charge in [-0.15, -0.1) is 11.6 Å². The SMILES string of the molecule is O=C(CC1CN(C(=O)Cc2ccc(OCCCC3CCN(C4NCC(Cl)CN4)CC3)cc2F)C1)NCCCCS(=O)(=O)O. The second-order valence-corrected chi connectivity index (χ2v) is 14.1. The highest BCUT2D eigenvalue weighted by atomic mass is 35.5. The largest absolute Gasteiger partial charge is 0.493 e. The first kappa shape index (κ1) is 33.9. The van der Waals surface area contributed by atoms with Crippen molar-refractivity contribution in [3.8, 4) is 5.75 Å². The van der Waals surface area contributed by atoms with Gasteiger partial charge in [0.1, 0.15) is 17.9 Å². The molecule has 14 heteroatoms. The van der Waals surface area contributed by atoms with E-state index in [1.54, 1.807) is 17.0 Å². The van der Waals surface area contributed by atoms with Crippen LogP contribution in [0.25, 0.3) is 0 Å². The van der Waals surface area contributed by atoms with Crippen LogP contribution < -0.4 is 20.7 Å². The number of likely N-dealkylation sites (tertiary alicyclic amines) is 2. The first-order chi connectivity index (χ1) is 20.6. The molecule has 0 spiro atoms. The Bertz CT molecular complexity index is 1170. The number of benzene rings is 1. The predicted octanol–water partition coefficient (Wildman–Crippen LogP) is 1.96. The van der Waals surface area contributed by atoms with Gasteiger partial charge in [-0.1, -0.05) is 6.07 Å². The van der Waals surface area contributed by atoms with Crippen LogP contribution in [0.15, 0.2) is 18.2 Å². The van der Waals surface area contributed by atoms with Crippen LogP contribution in [-0.4, -0.2) is 104 Å². The van der Waals surface area contributed by atoms with E-state index in [0.717, 1.165) is 51.9 Å². The van der Waals surface area contributed by atoms with Crippen molar-refractivity contribution in [2.24, 2.45) is 11.8 Å². The van der Waals surface area contributed by atoms with Gasteiger partial charge >= 0.3 is 0 Å². The van der Waals surface area contributed by atoms with Crippen molar-refractivity contribution in [3.63, 3.8) is 0 Å². The van der Waals surface area contributed by atoms with Gasteiger partial charge in [-0.05, 0) is 56.1 Å². The van der Waals surface area contributed by atoms with E-state index in [9.17, 15) is 22.4 Å². The highest BCUT2D eigenvalue weighted by Crippen LogP contribution is 2.25. The van der Waals surface area contributed by atoms with Gasteiger partial charge in [-0.3, -0.25) is 29.7 Å². The molecule has 0 radical (unpaired) electrons. The van der Waals surface area contributed by atoms with Crippen molar-refractivity contribution in [1.82, 2.24) is 25.8 Å². The Balaban J connectivity index is 1.06. The average molecular weight is 646 g/mol. The number of carbonyl (C=O) groups is 2. The average Bonchev–Trinajstić information content (AvgIpc) is 2.94. The van der Waals surface area contributed by atoms with E-state index >= 15 is 0 Å². The number of nitrogens with one attached hydrogen (secondary N) is 3. The van der Waals surface area contributed by atoms with Crippen LogP contribution in [0.1, 0.15) is 50.5 Å². The Morgan fingerprint density at radius 2 is 1.81 bits per heavy atom. The van der Waals surface area contributed by atoms with Gasteiger partial charge in [0.15, 0.2) is 0 Å². The fraction of sp³-hybridized carbons (Fsp3) is 0.724. The Labute approximate surface area is 259 Å². The summed E-state index contributed by atoms with van der Waals surface area (Å²) in [6.07, 6.45) is 5.42. The quantitative estimate of drug-likeness (QED) is 0.128. The van der Waals surface area contributed by atoms with Crippen LogP contribution in [0, 0.1) is 17.7 Å². The van der Waals surface area contributed by atoms with Gasteiger partial charge < -0.3 is 15.0 Å². The molecule has 2 amide bonds. The van der Waals surface area contributed by atoms with Crippen molar-refractivity contribution in [2.75, 3.05) is 58.2 Å². The molecule has 0 atom stereocenters. The zero-order valence-electron chi connectivity index (χ0n) is 24.6. The van der Waals surface area contributed by atoms with E-state index in [4.69, 9.17) is 20.9 Å². The monoisotopic (exact) mass is 645 g/mol. The van der Waals surface area contributed by atoms with E-state index < -0.39 is 15.9 Å². The summed E-state index contributed by atoms with van der Waals surface area (Å²) in [6.45, 7) is 5.48. The van der Waals surface area contributed by atoms with Crippen LogP contribution in [-0.2, 0) is 26.1 Å². The molecule has 0 bridgehead atoms. The topological polar surface area (TPSA) is 140 Å². The number of amides is 2. The molecule has 0 unspecified atom stereocenters. The van der Waals surface area contributed by atoms with E-state index in [-0.39, 0.29) is 54.4 Å². The number of piperidine rings is 1. The highest BCUT2D eigenvalue weighted by molar-refractivity contribution is 7.85. The van der Waals surface area contributed by atoms with Gasteiger partial charge in [0.05, 0.1) is 24.2 Å². The molecule has 0 saturated carbocycles. The van der Waals surface area contributed by atoms with Gasteiger partial charge in [0, 0.05) is 64.2 Å². The van der Waals surface area contributed by atoms with Crippen molar-refractivity contribution >= 4 is 33.5 Å². The number of halogens is 2.